The van der Waals surface area contributed by atoms with E-state index in [0.717, 1.165) is 5.69 Å². The van der Waals surface area contributed by atoms with Crippen molar-refractivity contribution in [1.29, 1.82) is 0 Å². The molecule has 2 aliphatic heterocycles. The number of methoxy groups -OCH3 is 1. The largest absolute Gasteiger partial charge is 0.495 e. The third-order valence-electron chi connectivity index (χ3n) is 5.16. The summed E-state index contributed by atoms with van der Waals surface area (Å²) in [7, 11) is 1.55. The molecule has 3 N–H and O–H groups in total. The second-order valence-corrected chi connectivity index (χ2v) is 7.93. The van der Waals surface area contributed by atoms with Crippen LogP contribution in [-0.2, 0) is 4.74 Å². The van der Waals surface area contributed by atoms with Crippen LogP contribution in [-0.4, -0.2) is 73.3 Å². The summed E-state index contributed by atoms with van der Waals surface area (Å²) in [5, 5.41) is 10.2. The first-order valence-corrected chi connectivity index (χ1v) is 11.0. The average molecular weight is 472 g/mol. The Morgan fingerprint density at radius 1 is 1.21 bits per heavy atom. The second kappa shape index (κ2) is 10.5. The van der Waals surface area contributed by atoms with Crippen LogP contribution in [0.15, 0.2) is 52.6 Å². The van der Waals surface area contributed by atoms with Crippen LogP contribution in [0.25, 0.3) is 0 Å². The number of carbonyl (C=O) groups excluding carboxylic acids is 1. The minimum atomic E-state index is -0.571. The van der Waals surface area contributed by atoms with Crippen LogP contribution in [0.3, 0.4) is 0 Å². The molecule has 1 saturated heterocycles. The second-order valence-electron chi connectivity index (χ2n) is 7.49. The standard InChI is InChI=1S/C22H26ClN7O3/c1-14(25-20(31)18-8-7-17(32-2)13-24-18)19-27-21(26-16-5-3-15(23)4-6-16)29-22(28-19)30-9-11-33-12-10-30/h3-8,13-14,21,26H,9-12H2,1-2H3,(H,25,31)(H,27,28,29)/t14-,21?/m0/s1. The summed E-state index contributed by atoms with van der Waals surface area (Å²) >= 11 is 6.00. The topological polar surface area (TPSA) is 112 Å². The van der Waals surface area contributed by atoms with Gasteiger partial charge in [-0.2, -0.15) is 0 Å². The van der Waals surface area contributed by atoms with E-state index < -0.39 is 12.3 Å². The Labute approximate surface area is 197 Å². The molecule has 11 heteroatoms. The van der Waals surface area contributed by atoms with Crippen LogP contribution >= 0.6 is 11.6 Å². The Balaban J connectivity index is 1.50. The van der Waals surface area contributed by atoms with Crippen LogP contribution in [0.2, 0.25) is 5.02 Å². The van der Waals surface area contributed by atoms with Crippen molar-refractivity contribution in [3.63, 3.8) is 0 Å². The van der Waals surface area contributed by atoms with E-state index in [4.69, 9.17) is 26.1 Å². The predicted molar refractivity (Wildman–Crippen MR) is 127 cm³/mol. The summed E-state index contributed by atoms with van der Waals surface area (Å²) in [6.45, 7) is 4.53. The maximum Gasteiger partial charge on any atom is 0.270 e. The number of nitrogens with one attached hydrogen (secondary N) is 3. The molecule has 2 atom stereocenters. The number of guanidine groups is 1. The van der Waals surface area contributed by atoms with Crippen LogP contribution in [0.4, 0.5) is 5.69 Å². The lowest BCUT2D eigenvalue weighted by atomic mass is 10.2. The number of morpholine rings is 1. The molecule has 1 amide bonds. The van der Waals surface area contributed by atoms with E-state index in [0.29, 0.717) is 48.9 Å². The van der Waals surface area contributed by atoms with Crippen molar-refractivity contribution in [1.82, 2.24) is 20.5 Å². The molecule has 1 unspecified atom stereocenters. The van der Waals surface area contributed by atoms with Crippen molar-refractivity contribution < 1.29 is 14.3 Å². The number of amides is 1. The Morgan fingerprint density at radius 3 is 2.64 bits per heavy atom. The molecular weight excluding hydrogens is 446 g/mol. The van der Waals surface area contributed by atoms with Gasteiger partial charge in [-0.05, 0) is 43.3 Å². The lowest BCUT2D eigenvalue weighted by Crippen LogP contribution is -2.56. The van der Waals surface area contributed by atoms with Crippen molar-refractivity contribution in [3.8, 4) is 5.75 Å². The number of aromatic nitrogens is 1. The van der Waals surface area contributed by atoms with E-state index >= 15 is 0 Å². The first kappa shape index (κ1) is 22.8. The van der Waals surface area contributed by atoms with Crippen LogP contribution in [0.1, 0.15) is 17.4 Å². The Morgan fingerprint density at radius 2 is 1.97 bits per heavy atom. The van der Waals surface area contributed by atoms with Gasteiger partial charge in [-0.25, -0.2) is 15.0 Å². The highest BCUT2D eigenvalue weighted by molar-refractivity contribution is 6.30. The van der Waals surface area contributed by atoms with Gasteiger partial charge in [-0.15, -0.1) is 0 Å². The number of carbonyl (C=O) groups is 1. The first-order valence-electron chi connectivity index (χ1n) is 10.6. The van der Waals surface area contributed by atoms with Crippen molar-refractivity contribution in [2.75, 3.05) is 38.7 Å². The number of nitrogens with zero attached hydrogens (tertiary/aromatic N) is 4. The maximum absolute atomic E-state index is 12.7. The molecule has 1 aromatic heterocycles. The van der Waals surface area contributed by atoms with Gasteiger partial charge >= 0.3 is 0 Å². The Kier molecular flexibility index (Phi) is 7.26. The molecule has 3 heterocycles. The van der Waals surface area contributed by atoms with Crippen molar-refractivity contribution >= 4 is 35.0 Å². The zero-order valence-electron chi connectivity index (χ0n) is 18.4. The lowest BCUT2D eigenvalue weighted by molar-refractivity contribution is 0.0667. The van der Waals surface area contributed by atoms with Gasteiger partial charge < -0.3 is 30.3 Å². The van der Waals surface area contributed by atoms with Gasteiger partial charge in [-0.3, -0.25) is 4.79 Å². The molecule has 2 aliphatic rings. The Bertz CT molecular complexity index is 1020. The summed E-state index contributed by atoms with van der Waals surface area (Å²) < 4.78 is 10.6. The normalized spacial score (nSPS) is 19.0. The van der Waals surface area contributed by atoms with E-state index in [1.807, 2.05) is 19.1 Å². The van der Waals surface area contributed by atoms with Gasteiger partial charge in [0.25, 0.3) is 5.91 Å². The zero-order valence-corrected chi connectivity index (χ0v) is 19.2. The van der Waals surface area contributed by atoms with Gasteiger partial charge in [0.15, 0.2) is 0 Å². The maximum atomic E-state index is 12.7. The van der Waals surface area contributed by atoms with Crippen LogP contribution < -0.4 is 20.7 Å². The van der Waals surface area contributed by atoms with Crippen molar-refractivity contribution in [3.05, 3.63) is 53.3 Å². The van der Waals surface area contributed by atoms with Gasteiger partial charge in [0.2, 0.25) is 12.2 Å². The monoisotopic (exact) mass is 471 g/mol. The minimum Gasteiger partial charge on any atom is -0.495 e. The number of hydrogen-bond donors (Lipinski definition) is 3. The molecule has 4 rings (SSSR count). The number of aliphatic imine (C=N–C) groups is 2. The number of hydrogen-bond acceptors (Lipinski definition) is 9. The van der Waals surface area contributed by atoms with Crippen LogP contribution in [0, 0.1) is 0 Å². The third kappa shape index (κ3) is 5.91. The quantitative estimate of drug-likeness (QED) is 0.590. The van der Waals surface area contributed by atoms with E-state index in [9.17, 15) is 4.79 Å². The number of rotatable bonds is 6. The molecule has 2 aromatic rings. The fraction of sp³-hybridized carbons (Fsp3) is 0.364. The predicted octanol–water partition coefficient (Wildman–Crippen LogP) is 1.95. The highest BCUT2D eigenvalue weighted by atomic mass is 35.5. The Hall–Kier alpha value is -3.37. The summed E-state index contributed by atoms with van der Waals surface area (Å²) in [5.74, 6) is 1.53. The highest BCUT2D eigenvalue weighted by Crippen LogP contribution is 2.16. The molecule has 33 heavy (non-hydrogen) atoms. The molecule has 0 aliphatic carbocycles. The number of ether oxygens (including phenoxy) is 2. The molecule has 174 valence electrons. The summed E-state index contributed by atoms with van der Waals surface area (Å²) in [6.07, 6.45) is 0.935. The minimum absolute atomic E-state index is 0.289. The molecule has 0 radical (unpaired) electrons. The molecule has 0 bridgehead atoms. The smallest absolute Gasteiger partial charge is 0.270 e. The number of halogens is 1. The molecule has 10 nitrogen and oxygen atoms in total. The SMILES string of the molecule is COc1ccc(C(=O)N[C@@H](C)C2=NC(Nc3ccc(Cl)cc3)N=C(N3CCOCC3)N2)nc1. The fourth-order valence-electron chi connectivity index (χ4n) is 3.35. The van der Waals surface area contributed by atoms with Crippen LogP contribution in [0.5, 0.6) is 5.75 Å². The van der Waals surface area contributed by atoms with E-state index in [1.165, 1.54) is 6.20 Å². The average Bonchev–Trinajstić information content (AvgIpc) is 2.86. The van der Waals surface area contributed by atoms with Gasteiger partial charge in [0, 0.05) is 23.8 Å². The van der Waals surface area contributed by atoms with Gasteiger partial charge in [0.05, 0.1) is 32.6 Å². The lowest BCUT2D eigenvalue weighted by Gasteiger charge is -2.34. The molecule has 0 saturated carbocycles. The number of amidine groups is 1. The number of benzene rings is 1. The van der Waals surface area contributed by atoms with Crippen molar-refractivity contribution in [2.45, 2.75) is 19.3 Å². The number of pyridine rings is 1. The number of anilines is 1. The van der Waals surface area contributed by atoms with Crippen molar-refractivity contribution in [2.24, 2.45) is 9.98 Å². The summed E-state index contributed by atoms with van der Waals surface area (Å²) in [5.41, 5.74) is 1.12. The molecule has 1 fully saturated rings. The molecular formula is C22H26ClN7O3. The van der Waals surface area contributed by atoms with E-state index in [2.05, 4.69) is 30.8 Å². The molecule has 0 spiro atoms. The zero-order chi connectivity index (χ0) is 23.2. The van der Waals surface area contributed by atoms with E-state index in [1.54, 1.807) is 31.4 Å². The summed E-state index contributed by atoms with van der Waals surface area (Å²) in [4.78, 5) is 28.4. The third-order valence-corrected chi connectivity index (χ3v) is 5.41. The van der Waals surface area contributed by atoms with Gasteiger partial charge in [0.1, 0.15) is 17.3 Å². The van der Waals surface area contributed by atoms with E-state index in [-0.39, 0.29) is 11.6 Å². The first-order chi connectivity index (χ1) is 16.0. The fourth-order valence-corrected chi connectivity index (χ4v) is 3.47. The van der Waals surface area contributed by atoms with Gasteiger partial charge in [-0.1, -0.05) is 11.6 Å². The molecule has 1 aromatic carbocycles. The highest BCUT2D eigenvalue weighted by Gasteiger charge is 2.26. The summed E-state index contributed by atoms with van der Waals surface area (Å²) in [6, 6.07) is 10.2.